The highest BCUT2D eigenvalue weighted by atomic mass is 16.6. The second-order valence-corrected chi connectivity index (χ2v) is 3.14. The molecule has 0 amide bonds. The summed E-state index contributed by atoms with van der Waals surface area (Å²) in [6.07, 6.45) is 7.95. The molecule has 0 radical (unpaired) electrons. The molecule has 1 heterocycles. The van der Waals surface area contributed by atoms with Crippen molar-refractivity contribution in [3.8, 4) is 0 Å². The minimum absolute atomic E-state index is 0.420. The summed E-state index contributed by atoms with van der Waals surface area (Å²) in [5.74, 6) is -1.45. The molecule has 0 spiro atoms. The third-order valence-corrected chi connectivity index (χ3v) is 2.01. The topological polar surface area (TPSA) is 43.4 Å². The summed E-state index contributed by atoms with van der Waals surface area (Å²) in [6.45, 7) is 2.14. The fraction of sp³-hybridized carbons (Fsp3) is 0.600. The van der Waals surface area contributed by atoms with Crippen molar-refractivity contribution in [2.24, 2.45) is 5.92 Å². The van der Waals surface area contributed by atoms with Crippen molar-refractivity contribution in [2.75, 3.05) is 0 Å². The van der Waals surface area contributed by atoms with Gasteiger partial charge >= 0.3 is 11.9 Å². The molecule has 0 atom stereocenters. The molecule has 1 fully saturated rings. The van der Waals surface area contributed by atoms with Crippen LogP contribution in [-0.2, 0) is 14.3 Å². The van der Waals surface area contributed by atoms with Gasteiger partial charge in [-0.15, -0.1) is 0 Å². The van der Waals surface area contributed by atoms with Gasteiger partial charge in [-0.2, -0.15) is 0 Å². The first-order chi connectivity index (χ1) is 6.25. The minimum Gasteiger partial charge on any atom is -0.391 e. The molecule has 0 aromatic rings. The normalized spacial score (nSPS) is 17.6. The monoisotopic (exact) mass is 182 g/mol. The zero-order chi connectivity index (χ0) is 9.68. The molecule has 13 heavy (non-hydrogen) atoms. The first-order valence-electron chi connectivity index (χ1n) is 4.68. The van der Waals surface area contributed by atoms with Crippen LogP contribution >= 0.6 is 0 Å². The molecule has 1 rings (SSSR count). The standard InChI is InChI=1S/C10H14O3/c1-2-3-4-5-6-7-8-9(11)13-10(8)12/h6-8H,2-5H2,1H3/b7-6-. The van der Waals surface area contributed by atoms with Crippen LogP contribution in [0.3, 0.4) is 0 Å². The van der Waals surface area contributed by atoms with E-state index in [1.165, 1.54) is 12.8 Å². The number of cyclic esters (lactones) is 2. The van der Waals surface area contributed by atoms with E-state index in [1.807, 2.05) is 6.08 Å². The first-order valence-corrected chi connectivity index (χ1v) is 4.68. The van der Waals surface area contributed by atoms with Gasteiger partial charge in [-0.1, -0.05) is 31.9 Å². The van der Waals surface area contributed by atoms with E-state index in [0.717, 1.165) is 12.8 Å². The summed E-state index contributed by atoms with van der Waals surface area (Å²) < 4.78 is 4.20. The van der Waals surface area contributed by atoms with E-state index >= 15 is 0 Å². The van der Waals surface area contributed by atoms with Gasteiger partial charge in [0.05, 0.1) is 0 Å². The summed E-state index contributed by atoms with van der Waals surface area (Å²) in [5, 5.41) is 0. The van der Waals surface area contributed by atoms with E-state index in [-0.39, 0.29) is 0 Å². The van der Waals surface area contributed by atoms with Gasteiger partial charge < -0.3 is 4.74 Å². The summed E-state index contributed by atoms with van der Waals surface area (Å²) in [4.78, 5) is 21.3. The summed E-state index contributed by atoms with van der Waals surface area (Å²) in [6, 6.07) is 0. The lowest BCUT2D eigenvalue weighted by Gasteiger charge is -2.17. The van der Waals surface area contributed by atoms with Gasteiger partial charge in [0.25, 0.3) is 0 Å². The Hall–Kier alpha value is -1.12. The maximum Gasteiger partial charge on any atom is 0.331 e. The van der Waals surface area contributed by atoms with E-state index in [2.05, 4.69) is 11.7 Å². The van der Waals surface area contributed by atoms with Gasteiger partial charge in [-0.25, -0.2) is 0 Å². The number of allylic oxidation sites excluding steroid dienone is 1. The third-order valence-electron chi connectivity index (χ3n) is 2.01. The molecule has 0 aromatic heterocycles. The van der Waals surface area contributed by atoms with Crippen molar-refractivity contribution in [1.29, 1.82) is 0 Å². The molecule has 3 nitrogen and oxygen atoms in total. The summed E-state index contributed by atoms with van der Waals surface area (Å²) >= 11 is 0. The molecule has 0 N–H and O–H groups in total. The number of ether oxygens (including phenoxy) is 1. The Bertz CT molecular complexity index is 216. The van der Waals surface area contributed by atoms with Gasteiger partial charge in [0.2, 0.25) is 0 Å². The van der Waals surface area contributed by atoms with Crippen molar-refractivity contribution >= 4 is 11.9 Å². The Balaban J connectivity index is 2.16. The molecule has 72 valence electrons. The predicted molar refractivity (Wildman–Crippen MR) is 47.9 cm³/mol. The number of rotatable bonds is 5. The molecule has 0 bridgehead atoms. The molecule has 1 saturated heterocycles. The van der Waals surface area contributed by atoms with Gasteiger partial charge in [-0.3, -0.25) is 9.59 Å². The highest BCUT2D eigenvalue weighted by Gasteiger charge is 2.39. The van der Waals surface area contributed by atoms with E-state index in [9.17, 15) is 9.59 Å². The van der Waals surface area contributed by atoms with E-state index in [4.69, 9.17) is 0 Å². The third kappa shape index (κ3) is 2.68. The van der Waals surface area contributed by atoms with Crippen molar-refractivity contribution in [2.45, 2.75) is 32.6 Å². The molecule has 0 aromatic carbocycles. The largest absolute Gasteiger partial charge is 0.391 e. The molecule has 0 unspecified atom stereocenters. The second-order valence-electron chi connectivity index (χ2n) is 3.14. The Morgan fingerprint density at radius 3 is 2.54 bits per heavy atom. The van der Waals surface area contributed by atoms with Gasteiger partial charge in [-0.05, 0) is 12.8 Å². The van der Waals surface area contributed by atoms with Crippen molar-refractivity contribution in [1.82, 2.24) is 0 Å². The quantitative estimate of drug-likeness (QED) is 0.282. The maximum absolute atomic E-state index is 10.7. The number of carbonyl (C=O) groups is 2. The van der Waals surface area contributed by atoms with E-state index in [0.29, 0.717) is 0 Å². The molecule has 0 aliphatic carbocycles. The van der Waals surface area contributed by atoms with Gasteiger partial charge in [0, 0.05) is 0 Å². The predicted octanol–water partition coefficient (Wildman–Crippen LogP) is 1.82. The molecule has 0 saturated carbocycles. The van der Waals surface area contributed by atoms with Crippen LogP contribution in [0.4, 0.5) is 0 Å². The van der Waals surface area contributed by atoms with Crippen LogP contribution in [0.1, 0.15) is 32.6 Å². The second kappa shape index (κ2) is 4.80. The number of hydrogen-bond donors (Lipinski definition) is 0. The van der Waals surface area contributed by atoms with Crippen molar-refractivity contribution < 1.29 is 14.3 Å². The Labute approximate surface area is 77.8 Å². The molecule has 1 aliphatic rings. The zero-order valence-electron chi connectivity index (χ0n) is 7.79. The van der Waals surface area contributed by atoms with Crippen LogP contribution in [0.2, 0.25) is 0 Å². The average molecular weight is 182 g/mol. The lowest BCUT2D eigenvalue weighted by molar-refractivity contribution is -0.180. The van der Waals surface area contributed by atoms with E-state index in [1.54, 1.807) is 6.08 Å². The zero-order valence-corrected chi connectivity index (χ0v) is 7.79. The number of carbonyl (C=O) groups excluding carboxylic acids is 2. The minimum atomic E-state index is -0.610. The Morgan fingerprint density at radius 1 is 1.31 bits per heavy atom. The molecule has 1 aliphatic heterocycles. The lowest BCUT2D eigenvalue weighted by atomic mass is 10.0. The smallest absolute Gasteiger partial charge is 0.331 e. The highest BCUT2D eigenvalue weighted by Crippen LogP contribution is 2.16. The molecular weight excluding hydrogens is 168 g/mol. The summed E-state index contributed by atoms with van der Waals surface area (Å²) in [7, 11) is 0. The van der Waals surface area contributed by atoms with Crippen molar-refractivity contribution in [3.63, 3.8) is 0 Å². The Morgan fingerprint density at radius 2 is 2.00 bits per heavy atom. The number of esters is 2. The van der Waals surface area contributed by atoms with Gasteiger partial charge in [0.1, 0.15) is 0 Å². The number of unbranched alkanes of at least 4 members (excludes halogenated alkanes) is 3. The average Bonchev–Trinajstić information content (AvgIpc) is 2.11. The Kier molecular flexibility index (Phi) is 3.68. The molecular formula is C10H14O3. The van der Waals surface area contributed by atoms with Crippen molar-refractivity contribution in [3.05, 3.63) is 12.2 Å². The van der Waals surface area contributed by atoms with Crippen LogP contribution in [0, 0.1) is 5.92 Å². The fourth-order valence-electron chi connectivity index (χ4n) is 1.17. The van der Waals surface area contributed by atoms with Crippen LogP contribution in [-0.4, -0.2) is 11.9 Å². The van der Waals surface area contributed by atoms with Crippen LogP contribution < -0.4 is 0 Å². The van der Waals surface area contributed by atoms with E-state index < -0.39 is 17.9 Å². The SMILES string of the molecule is CCCCC/C=C\C1C(=O)OC1=O. The fourth-order valence-corrected chi connectivity index (χ4v) is 1.17. The first kappa shape index (κ1) is 9.96. The van der Waals surface area contributed by atoms with Crippen LogP contribution in [0.25, 0.3) is 0 Å². The van der Waals surface area contributed by atoms with Crippen LogP contribution in [0.5, 0.6) is 0 Å². The summed E-state index contributed by atoms with van der Waals surface area (Å²) in [5.41, 5.74) is 0. The maximum atomic E-state index is 10.7. The van der Waals surface area contributed by atoms with Crippen LogP contribution in [0.15, 0.2) is 12.2 Å². The van der Waals surface area contributed by atoms with Gasteiger partial charge in [0.15, 0.2) is 5.92 Å². The lowest BCUT2D eigenvalue weighted by Crippen LogP contribution is -2.39. The highest BCUT2D eigenvalue weighted by molar-refractivity contribution is 6.11. The molecule has 3 heteroatoms. The number of hydrogen-bond acceptors (Lipinski definition) is 3.